The monoisotopic (exact) mass is 275 g/mol. The van der Waals surface area contributed by atoms with E-state index in [4.69, 9.17) is 0 Å². The van der Waals surface area contributed by atoms with Crippen molar-refractivity contribution in [3.8, 4) is 0 Å². The van der Waals surface area contributed by atoms with Gasteiger partial charge in [0.2, 0.25) is 0 Å². The van der Waals surface area contributed by atoms with Crippen LogP contribution in [0.3, 0.4) is 0 Å². The Morgan fingerprint density at radius 2 is 1.79 bits per heavy atom. The summed E-state index contributed by atoms with van der Waals surface area (Å²) in [6, 6.07) is 2.04. The van der Waals surface area contributed by atoms with Gasteiger partial charge in [0.15, 0.2) is 0 Å². The lowest BCUT2D eigenvalue weighted by Crippen LogP contribution is -2.10. The van der Waals surface area contributed by atoms with Gasteiger partial charge in [-0.25, -0.2) is 4.98 Å². The van der Waals surface area contributed by atoms with Gasteiger partial charge in [-0.15, -0.1) is 0 Å². The summed E-state index contributed by atoms with van der Waals surface area (Å²) in [6.07, 6.45) is -0.0830. The van der Waals surface area contributed by atoms with E-state index in [1.54, 1.807) is 7.05 Å². The van der Waals surface area contributed by atoms with E-state index in [0.29, 0.717) is 6.54 Å². The zero-order valence-corrected chi connectivity index (χ0v) is 11.3. The zero-order chi connectivity index (χ0) is 14.3. The van der Waals surface area contributed by atoms with E-state index < -0.39 is 11.7 Å². The molecule has 1 heterocycles. The van der Waals surface area contributed by atoms with Crippen LogP contribution < -0.4 is 10.6 Å². The number of anilines is 2. The second-order valence-corrected chi connectivity index (χ2v) is 4.36. The van der Waals surface area contributed by atoms with Gasteiger partial charge in [0.1, 0.15) is 11.6 Å². The summed E-state index contributed by atoms with van der Waals surface area (Å²) >= 11 is 0. The molecule has 0 bridgehead atoms. The minimum atomic E-state index is -4.35. The Bertz CT molecular complexity index is 391. The molecule has 0 radical (unpaired) electrons. The molecular weight excluding hydrogens is 255 g/mol. The van der Waals surface area contributed by atoms with Gasteiger partial charge in [-0.2, -0.15) is 13.2 Å². The molecule has 0 spiro atoms. The zero-order valence-electron chi connectivity index (χ0n) is 11.3. The van der Waals surface area contributed by atoms with Crippen LogP contribution in [-0.2, 0) is 6.18 Å². The molecule has 0 aliphatic rings. The smallest absolute Gasteiger partial charge is 0.373 e. The molecular formula is C13H20F3N3. The van der Waals surface area contributed by atoms with Crippen LogP contribution in [0.25, 0.3) is 0 Å². The van der Waals surface area contributed by atoms with E-state index in [1.165, 1.54) is 0 Å². The van der Waals surface area contributed by atoms with E-state index in [9.17, 15) is 13.2 Å². The molecule has 6 heteroatoms. The molecule has 0 aliphatic heterocycles. The number of halogens is 3. The quantitative estimate of drug-likeness (QED) is 0.734. The van der Waals surface area contributed by atoms with E-state index in [-0.39, 0.29) is 11.6 Å². The Morgan fingerprint density at radius 1 is 1.11 bits per heavy atom. The van der Waals surface area contributed by atoms with E-state index in [1.807, 2.05) is 0 Å². The lowest BCUT2D eigenvalue weighted by molar-refractivity contribution is -0.137. The highest BCUT2D eigenvalue weighted by molar-refractivity contribution is 5.49. The van der Waals surface area contributed by atoms with Gasteiger partial charge in [-0.1, -0.05) is 26.2 Å². The lowest BCUT2D eigenvalue weighted by atomic mass is 10.2. The minimum absolute atomic E-state index is 0.214. The van der Waals surface area contributed by atoms with E-state index >= 15 is 0 Å². The van der Waals surface area contributed by atoms with Crippen LogP contribution in [0.1, 0.15) is 38.2 Å². The van der Waals surface area contributed by atoms with Crippen LogP contribution >= 0.6 is 0 Å². The number of aromatic nitrogens is 1. The second-order valence-electron chi connectivity index (χ2n) is 4.36. The van der Waals surface area contributed by atoms with Gasteiger partial charge in [-0.05, 0) is 18.6 Å². The topological polar surface area (TPSA) is 37.0 Å². The molecule has 108 valence electrons. The van der Waals surface area contributed by atoms with Gasteiger partial charge in [0.05, 0.1) is 5.56 Å². The molecule has 0 aromatic carbocycles. The van der Waals surface area contributed by atoms with Gasteiger partial charge >= 0.3 is 6.18 Å². The Labute approximate surface area is 111 Å². The third-order valence-corrected chi connectivity index (χ3v) is 2.75. The van der Waals surface area contributed by atoms with Gasteiger partial charge in [0.25, 0.3) is 0 Å². The van der Waals surface area contributed by atoms with Crippen molar-refractivity contribution < 1.29 is 13.2 Å². The molecule has 0 atom stereocenters. The fourth-order valence-corrected chi connectivity index (χ4v) is 1.68. The third kappa shape index (κ3) is 5.36. The first-order valence-corrected chi connectivity index (χ1v) is 6.48. The first-order chi connectivity index (χ1) is 8.97. The first-order valence-electron chi connectivity index (χ1n) is 6.48. The number of alkyl halides is 3. The predicted octanol–water partition coefficient (Wildman–Crippen LogP) is 4.13. The Balaban J connectivity index is 2.67. The van der Waals surface area contributed by atoms with E-state index in [0.717, 1.165) is 37.8 Å². The van der Waals surface area contributed by atoms with Crippen LogP contribution in [0.2, 0.25) is 0 Å². The molecule has 2 N–H and O–H groups in total. The molecule has 0 fully saturated rings. The predicted molar refractivity (Wildman–Crippen MR) is 71.4 cm³/mol. The lowest BCUT2D eigenvalue weighted by Gasteiger charge is -2.12. The fourth-order valence-electron chi connectivity index (χ4n) is 1.68. The van der Waals surface area contributed by atoms with Crippen molar-refractivity contribution in [2.75, 3.05) is 24.2 Å². The average molecular weight is 275 g/mol. The summed E-state index contributed by atoms with van der Waals surface area (Å²) in [4.78, 5) is 4.06. The molecule has 1 aromatic rings. The number of nitrogens with one attached hydrogen (secondary N) is 2. The van der Waals surface area contributed by atoms with Crippen LogP contribution in [0.5, 0.6) is 0 Å². The van der Waals surface area contributed by atoms with Gasteiger partial charge < -0.3 is 10.6 Å². The molecule has 0 amide bonds. The Hall–Kier alpha value is -1.46. The third-order valence-electron chi connectivity index (χ3n) is 2.75. The number of unbranched alkanes of at least 4 members (excludes halogenated alkanes) is 3. The van der Waals surface area contributed by atoms with Crippen LogP contribution in [0.4, 0.5) is 24.8 Å². The summed E-state index contributed by atoms with van der Waals surface area (Å²) in [7, 11) is 1.55. The molecule has 0 unspecified atom stereocenters. The molecule has 3 nitrogen and oxygen atoms in total. The summed E-state index contributed by atoms with van der Waals surface area (Å²) in [6.45, 7) is 2.75. The van der Waals surface area contributed by atoms with Crippen molar-refractivity contribution in [1.29, 1.82) is 0 Å². The maximum atomic E-state index is 12.7. The SMILES string of the molecule is CCCCCCNc1cc(C(F)(F)F)cc(NC)n1. The van der Waals surface area contributed by atoms with Crippen LogP contribution in [-0.4, -0.2) is 18.6 Å². The largest absolute Gasteiger partial charge is 0.416 e. The van der Waals surface area contributed by atoms with Crippen LogP contribution in [0.15, 0.2) is 12.1 Å². The molecule has 19 heavy (non-hydrogen) atoms. The number of hydrogen-bond donors (Lipinski definition) is 2. The second kappa shape index (κ2) is 7.21. The van der Waals surface area contributed by atoms with Gasteiger partial charge in [0, 0.05) is 13.6 Å². The summed E-state index contributed by atoms with van der Waals surface area (Å²) in [5.74, 6) is 0.474. The standard InChI is InChI=1S/C13H20F3N3/c1-3-4-5-6-7-18-12-9-10(13(14,15)16)8-11(17-2)19-12/h8-9H,3-7H2,1-2H3,(H2,17,18,19). The molecule has 1 aromatic heterocycles. The van der Waals surface area contributed by atoms with Crippen molar-refractivity contribution in [3.63, 3.8) is 0 Å². The molecule has 0 saturated heterocycles. The highest BCUT2D eigenvalue weighted by atomic mass is 19.4. The minimum Gasteiger partial charge on any atom is -0.373 e. The van der Waals surface area contributed by atoms with Crippen molar-refractivity contribution in [2.24, 2.45) is 0 Å². The summed E-state index contributed by atoms with van der Waals surface area (Å²) < 4.78 is 38.1. The summed E-state index contributed by atoms with van der Waals surface area (Å²) in [5.41, 5.74) is -0.692. The number of hydrogen-bond acceptors (Lipinski definition) is 3. The highest BCUT2D eigenvalue weighted by Gasteiger charge is 2.31. The maximum Gasteiger partial charge on any atom is 0.416 e. The Kier molecular flexibility index (Phi) is 5.92. The van der Waals surface area contributed by atoms with Crippen molar-refractivity contribution in [2.45, 2.75) is 38.8 Å². The summed E-state index contributed by atoms with van der Waals surface area (Å²) in [5, 5.41) is 5.58. The molecule has 0 saturated carbocycles. The number of nitrogens with zero attached hydrogens (tertiary/aromatic N) is 1. The Morgan fingerprint density at radius 3 is 2.37 bits per heavy atom. The fraction of sp³-hybridized carbons (Fsp3) is 0.615. The normalized spacial score (nSPS) is 11.4. The molecule has 0 aliphatic carbocycles. The van der Waals surface area contributed by atoms with Crippen molar-refractivity contribution in [1.82, 2.24) is 4.98 Å². The number of pyridine rings is 1. The van der Waals surface area contributed by atoms with Crippen LogP contribution in [0, 0.1) is 0 Å². The van der Waals surface area contributed by atoms with Crippen molar-refractivity contribution in [3.05, 3.63) is 17.7 Å². The average Bonchev–Trinajstić information content (AvgIpc) is 2.37. The first kappa shape index (κ1) is 15.6. The van der Waals surface area contributed by atoms with Gasteiger partial charge in [-0.3, -0.25) is 0 Å². The highest BCUT2D eigenvalue weighted by Crippen LogP contribution is 2.31. The number of rotatable bonds is 7. The van der Waals surface area contributed by atoms with Crippen molar-refractivity contribution >= 4 is 11.6 Å². The maximum absolute atomic E-state index is 12.7. The molecule has 1 rings (SSSR count). The van der Waals surface area contributed by atoms with E-state index in [2.05, 4.69) is 22.5 Å².